The Kier molecular flexibility index (Phi) is 3.51. The molecule has 1 atom stereocenters. The summed E-state index contributed by atoms with van der Waals surface area (Å²) in [5.74, 6) is -1.93. The maximum atomic E-state index is 13.6. The SMILES string of the molecule is N[C@H]1Cc2cc(Oc3cc(F)ccc3F)ccc2N(O)C1=O. The Morgan fingerprint density at radius 1 is 1.23 bits per heavy atom. The first-order chi connectivity index (χ1) is 10.5. The Hall–Kier alpha value is -2.51. The topological polar surface area (TPSA) is 75.8 Å². The maximum absolute atomic E-state index is 13.6. The van der Waals surface area contributed by atoms with Crippen molar-refractivity contribution in [1.82, 2.24) is 0 Å². The van der Waals surface area contributed by atoms with Gasteiger partial charge in [0.2, 0.25) is 0 Å². The molecule has 0 saturated carbocycles. The Balaban J connectivity index is 1.93. The van der Waals surface area contributed by atoms with Gasteiger partial charge in [-0.05, 0) is 42.3 Å². The van der Waals surface area contributed by atoms with Crippen molar-refractivity contribution in [3.05, 3.63) is 53.6 Å². The summed E-state index contributed by atoms with van der Waals surface area (Å²) in [6.07, 6.45) is 0.216. The maximum Gasteiger partial charge on any atom is 0.267 e. The number of carbonyl (C=O) groups is 1. The van der Waals surface area contributed by atoms with Crippen LogP contribution < -0.4 is 15.5 Å². The fourth-order valence-corrected chi connectivity index (χ4v) is 2.28. The Labute approximate surface area is 124 Å². The largest absolute Gasteiger partial charge is 0.454 e. The molecule has 1 aliphatic rings. The molecule has 1 aliphatic heterocycles. The number of nitrogens with two attached hydrogens (primary N) is 1. The minimum Gasteiger partial charge on any atom is -0.454 e. The molecule has 0 radical (unpaired) electrons. The first kappa shape index (κ1) is 14.4. The number of fused-ring (bicyclic) bond motifs is 1. The van der Waals surface area contributed by atoms with E-state index in [2.05, 4.69) is 0 Å². The quantitative estimate of drug-likeness (QED) is 0.835. The summed E-state index contributed by atoms with van der Waals surface area (Å²) in [4.78, 5) is 11.6. The summed E-state index contributed by atoms with van der Waals surface area (Å²) in [5, 5.41) is 10.2. The molecular formula is C15H12F2N2O3. The lowest BCUT2D eigenvalue weighted by atomic mass is 9.99. The number of ether oxygens (including phenoxy) is 1. The number of hydroxylamine groups is 1. The van der Waals surface area contributed by atoms with Gasteiger partial charge in [-0.15, -0.1) is 0 Å². The predicted molar refractivity (Wildman–Crippen MR) is 73.8 cm³/mol. The lowest BCUT2D eigenvalue weighted by molar-refractivity contribution is -0.125. The summed E-state index contributed by atoms with van der Waals surface area (Å²) in [7, 11) is 0. The van der Waals surface area contributed by atoms with Gasteiger partial charge in [-0.3, -0.25) is 10.0 Å². The third-order valence-electron chi connectivity index (χ3n) is 3.37. The average molecular weight is 306 g/mol. The normalized spacial score (nSPS) is 17.4. The lowest BCUT2D eigenvalue weighted by Gasteiger charge is -2.27. The number of anilines is 1. The second-order valence-corrected chi connectivity index (χ2v) is 4.93. The molecule has 0 unspecified atom stereocenters. The minimum absolute atomic E-state index is 0.216. The summed E-state index contributed by atoms with van der Waals surface area (Å²) in [6, 6.07) is 6.44. The van der Waals surface area contributed by atoms with E-state index >= 15 is 0 Å². The van der Waals surface area contributed by atoms with Crippen LogP contribution in [0.3, 0.4) is 0 Å². The fourth-order valence-electron chi connectivity index (χ4n) is 2.28. The highest BCUT2D eigenvalue weighted by Gasteiger charge is 2.29. The van der Waals surface area contributed by atoms with E-state index in [-0.39, 0.29) is 17.9 Å². The molecular weight excluding hydrogens is 294 g/mol. The number of benzene rings is 2. The third-order valence-corrected chi connectivity index (χ3v) is 3.37. The Morgan fingerprint density at radius 2 is 2.00 bits per heavy atom. The van der Waals surface area contributed by atoms with E-state index in [1.54, 1.807) is 0 Å². The number of hydrogen-bond donors (Lipinski definition) is 2. The minimum atomic E-state index is -0.862. The highest BCUT2D eigenvalue weighted by Crippen LogP contribution is 2.32. The molecule has 114 valence electrons. The van der Waals surface area contributed by atoms with Gasteiger partial charge in [-0.1, -0.05) is 0 Å². The van der Waals surface area contributed by atoms with Crippen molar-refractivity contribution in [2.45, 2.75) is 12.5 Å². The van der Waals surface area contributed by atoms with Gasteiger partial charge in [0.05, 0.1) is 11.7 Å². The first-order valence-corrected chi connectivity index (χ1v) is 6.50. The molecule has 1 heterocycles. The summed E-state index contributed by atoms with van der Waals surface area (Å²) >= 11 is 0. The van der Waals surface area contributed by atoms with Crippen LogP contribution in [0.2, 0.25) is 0 Å². The molecule has 2 aromatic carbocycles. The van der Waals surface area contributed by atoms with E-state index in [9.17, 15) is 18.8 Å². The van der Waals surface area contributed by atoms with E-state index in [4.69, 9.17) is 10.5 Å². The molecule has 2 aromatic rings. The smallest absolute Gasteiger partial charge is 0.267 e. The van der Waals surface area contributed by atoms with Crippen molar-refractivity contribution in [1.29, 1.82) is 0 Å². The van der Waals surface area contributed by atoms with Crippen LogP contribution in [0.4, 0.5) is 14.5 Å². The number of carbonyl (C=O) groups excluding carboxylic acids is 1. The third kappa shape index (κ3) is 2.51. The summed E-state index contributed by atoms with van der Waals surface area (Å²) in [6.45, 7) is 0. The van der Waals surface area contributed by atoms with E-state index < -0.39 is 23.6 Å². The van der Waals surface area contributed by atoms with E-state index in [1.165, 1.54) is 18.2 Å². The Bertz CT molecular complexity index is 752. The van der Waals surface area contributed by atoms with Crippen molar-refractivity contribution in [2.75, 3.05) is 5.06 Å². The van der Waals surface area contributed by atoms with Gasteiger partial charge >= 0.3 is 0 Å². The van der Waals surface area contributed by atoms with Crippen molar-refractivity contribution in [3.8, 4) is 11.5 Å². The monoisotopic (exact) mass is 306 g/mol. The molecule has 3 rings (SSSR count). The standard InChI is InChI=1S/C15H12F2N2O3/c16-9-1-3-11(17)14(7-9)22-10-2-4-13-8(5-10)6-12(18)15(20)19(13)21/h1-5,7,12,21H,6,18H2/t12-/m0/s1. The van der Waals surface area contributed by atoms with Gasteiger partial charge in [-0.2, -0.15) is 5.06 Å². The molecule has 7 heteroatoms. The molecule has 3 N–H and O–H groups in total. The van der Waals surface area contributed by atoms with E-state index in [0.29, 0.717) is 16.3 Å². The zero-order chi connectivity index (χ0) is 15.9. The molecule has 0 aliphatic carbocycles. The second kappa shape index (κ2) is 5.36. The van der Waals surface area contributed by atoms with Crippen LogP contribution in [0.1, 0.15) is 5.56 Å². The van der Waals surface area contributed by atoms with Crippen molar-refractivity contribution < 1.29 is 23.5 Å². The van der Waals surface area contributed by atoms with Crippen LogP contribution >= 0.6 is 0 Å². The summed E-state index contributed by atoms with van der Waals surface area (Å²) in [5.41, 5.74) is 6.49. The first-order valence-electron chi connectivity index (χ1n) is 6.50. The molecule has 22 heavy (non-hydrogen) atoms. The average Bonchev–Trinajstić information content (AvgIpc) is 2.48. The lowest BCUT2D eigenvalue weighted by Crippen LogP contribution is -2.47. The van der Waals surface area contributed by atoms with Gasteiger partial charge in [0, 0.05) is 6.07 Å². The van der Waals surface area contributed by atoms with Crippen LogP contribution in [0.15, 0.2) is 36.4 Å². The van der Waals surface area contributed by atoms with E-state index in [1.807, 2.05) is 0 Å². The number of amides is 1. The van der Waals surface area contributed by atoms with Crippen molar-refractivity contribution in [3.63, 3.8) is 0 Å². The van der Waals surface area contributed by atoms with Crippen LogP contribution in [0.5, 0.6) is 11.5 Å². The Morgan fingerprint density at radius 3 is 2.77 bits per heavy atom. The van der Waals surface area contributed by atoms with E-state index in [0.717, 1.165) is 18.2 Å². The van der Waals surface area contributed by atoms with Crippen molar-refractivity contribution in [2.24, 2.45) is 5.73 Å². The zero-order valence-electron chi connectivity index (χ0n) is 11.3. The molecule has 1 amide bonds. The van der Waals surface area contributed by atoms with Gasteiger partial charge in [0.1, 0.15) is 11.6 Å². The fraction of sp³-hybridized carbons (Fsp3) is 0.133. The predicted octanol–water partition coefficient (Wildman–Crippen LogP) is 2.36. The summed E-state index contributed by atoms with van der Waals surface area (Å²) < 4.78 is 32.0. The van der Waals surface area contributed by atoms with Crippen molar-refractivity contribution >= 4 is 11.6 Å². The number of rotatable bonds is 2. The van der Waals surface area contributed by atoms with Gasteiger partial charge in [-0.25, -0.2) is 8.78 Å². The molecule has 0 saturated heterocycles. The molecule has 0 fully saturated rings. The molecule has 0 spiro atoms. The number of hydrogen-bond acceptors (Lipinski definition) is 4. The van der Waals surface area contributed by atoms with Gasteiger partial charge in [0.15, 0.2) is 11.6 Å². The zero-order valence-corrected chi connectivity index (χ0v) is 11.3. The molecule has 5 nitrogen and oxygen atoms in total. The highest BCUT2D eigenvalue weighted by molar-refractivity contribution is 5.98. The number of nitrogens with zero attached hydrogens (tertiary/aromatic N) is 1. The van der Waals surface area contributed by atoms with Crippen LogP contribution in [-0.2, 0) is 11.2 Å². The van der Waals surface area contributed by atoms with Gasteiger partial charge in [0.25, 0.3) is 5.91 Å². The van der Waals surface area contributed by atoms with Gasteiger partial charge < -0.3 is 10.5 Å². The van der Waals surface area contributed by atoms with Crippen LogP contribution in [-0.4, -0.2) is 17.2 Å². The second-order valence-electron chi connectivity index (χ2n) is 4.93. The van der Waals surface area contributed by atoms with Crippen LogP contribution in [0.25, 0.3) is 0 Å². The highest BCUT2D eigenvalue weighted by atomic mass is 19.1. The van der Waals surface area contributed by atoms with Crippen LogP contribution in [0, 0.1) is 11.6 Å². The molecule has 0 bridgehead atoms. The molecule has 0 aromatic heterocycles. The number of halogens is 2.